The number of hydrogen-bond acceptors (Lipinski definition) is 5. The van der Waals surface area contributed by atoms with Crippen LogP contribution in [0.3, 0.4) is 0 Å². The molecule has 22 heavy (non-hydrogen) atoms. The number of aromatic nitrogens is 3. The van der Waals surface area contributed by atoms with Crippen molar-refractivity contribution in [3.8, 4) is 0 Å². The first-order valence-electron chi connectivity index (χ1n) is 7.04. The van der Waals surface area contributed by atoms with Crippen molar-refractivity contribution in [1.82, 2.24) is 14.4 Å². The second-order valence-corrected chi connectivity index (χ2v) is 6.20. The van der Waals surface area contributed by atoms with Crippen molar-refractivity contribution < 1.29 is 9.53 Å². The number of carbonyl (C=O) groups is 1. The summed E-state index contributed by atoms with van der Waals surface area (Å²) >= 11 is 1.47. The highest BCUT2D eigenvalue weighted by molar-refractivity contribution is 7.15. The molecule has 1 aliphatic heterocycles. The van der Waals surface area contributed by atoms with Crippen LogP contribution in [0.2, 0.25) is 0 Å². The van der Waals surface area contributed by atoms with E-state index in [0.717, 1.165) is 22.6 Å². The number of nitrogens with one attached hydrogen (secondary N) is 1. The van der Waals surface area contributed by atoms with Gasteiger partial charge in [0.15, 0.2) is 5.13 Å². The van der Waals surface area contributed by atoms with E-state index in [4.69, 9.17) is 4.74 Å². The van der Waals surface area contributed by atoms with Crippen LogP contribution in [0.1, 0.15) is 26.8 Å². The van der Waals surface area contributed by atoms with Crippen molar-refractivity contribution >= 4 is 28.0 Å². The molecule has 0 aliphatic carbocycles. The van der Waals surface area contributed by atoms with Gasteiger partial charge in [0.25, 0.3) is 5.91 Å². The van der Waals surface area contributed by atoms with Gasteiger partial charge in [-0.2, -0.15) is 0 Å². The van der Waals surface area contributed by atoms with E-state index in [1.807, 2.05) is 31.3 Å². The molecule has 3 aromatic rings. The Morgan fingerprint density at radius 1 is 1.41 bits per heavy atom. The van der Waals surface area contributed by atoms with Crippen molar-refractivity contribution in [3.05, 3.63) is 46.4 Å². The lowest BCUT2D eigenvalue weighted by molar-refractivity contribution is 0.102. The maximum atomic E-state index is 12.6. The average Bonchev–Trinajstić information content (AvgIpc) is 3.05. The summed E-state index contributed by atoms with van der Waals surface area (Å²) in [7, 11) is 0. The predicted molar refractivity (Wildman–Crippen MR) is 83.4 cm³/mol. The number of pyridine rings is 1. The molecule has 4 heterocycles. The Morgan fingerprint density at radius 3 is 3.18 bits per heavy atom. The van der Waals surface area contributed by atoms with Gasteiger partial charge in [0.2, 0.25) is 0 Å². The number of carbonyl (C=O) groups excluding carboxylic acids is 1. The Labute approximate surface area is 130 Å². The first kappa shape index (κ1) is 13.4. The first-order chi connectivity index (χ1) is 10.7. The molecule has 0 saturated heterocycles. The van der Waals surface area contributed by atoms with Crippen LogP contribution in [0.5, 0.6) is 0 Å². The molecule has 0 fully saturated rings. The van der Waals surface area contributed by atoms with Gasteiger partial charge in [0.05, 0.1) is 29.5 Å². The number of aryl methyl sites for hydroxylation is 1. The quantitative estimate of drug-likeness (QED) is 0.789. The van der Waals surface area contributed by atoms with Crippen molar-refractivity contribution in [1.29, 1.82) is 0 Å². The lowest BCUT2D eigenvalue weighted by atomic mass is 10.2. The molecule has 0 atom stereocenters. The molecule has 6 nitrogen and oxygen atoms in total. The van der Waals surface area contributed by atoms with Gasteiger partial charge >= 0.3 is 0 Å². The molecule has 0 saturated carbocycles. The lowest BCUT2D eigenvalue weighted by Crippen LogP contribution is -2.15. The molecule has 0 radical (unpaired) electrons. The standard InChI is InChI=1S/C15H14N4O2S/c1-9-13(19-6-3-2-4-12(19)16-9)14(20)18-15-17-10-5-7-21-8-11(10)22-15/h2-4,6H,5,7-8H2,1H3,(H,17,18,20). The number of amides is 1. The molecule has 0 unspecified atom stereocenters. The Hall–Kier alpha value is -2.25. The number of fused-ring (bicyclic) bond motifs is 2. The van der Waals surface area contributed by atoms with Crippen LogP contribution in [0.25, 0.3) is 5.65 Å². The summed E-state index contributed by atoms with van der Waals surface area (Å²) < 4.78 is 7.20. The van der Waals surface area contributed by atoms with E-state index in [0.29, 0.717) is 29.7 Å². The zero-order valence-electron chi connectivity index (χ0n) is 12.0. The second kappa shape index (κ2) is 5.19. The van der Waals surface area contributed by atoms with Gasteiger partial charge < -0.3 is 4.74 Å². The van der Waals surface area contributed by atoms with Gasteiger partial charge in [0.1, 0.15) is 11.3 Å². The van der Waals surface area contributed by atoms with Crippen molar-refractivity contribution in [2.45, 2.75) is 20.0 Å². The van der Waals surface area contributed by atoms with Crippen LogP contribution in [0.15, 0.2) is 24.4 Å². The van der Waals surface area contributed by atoms with Gasteiger partial charge in [-0.1, -0.05) is 17.4 Å². The SMILES string of the molecule is Cc1nc2ccccn2c1C(=O)Nc1nc2c(s1)COCC2. The zero-order valence-corrected chi connectivity index (χ0v) is 12.8. The molecule has 0 bridgehead atoms. The fourth-order valence-corrected chi connectivity index (χ4v) is 3.56. The number of hydrogen-bond donors (Lipinski definition) is 1. The van der Waals surface area contributed by atoms with E-state index in [-0.39, 0.29) is 5.91 Å². The van der Waals surface area contributed by atoms with Crippen molar-refractivity contribution in [2.75, 3.05) is 11.9 Å². The Morgan fingerprint density at radius 2 is 2.32 bits per heavy atom. The summed E-state index contributed by atoms with van der Waals surface area (Å²) in [6.45, 7) is 3.11. The molecule has 3 aromatic heterocycles. The maximum absolute atomic E-state index is 12.6. The van der Waals surface area contributed by atoms with E-state index in [2.05, 4.69) is 15.3 Å². The molecule has 1 aliphatic rings. The number of nitrogens with zero attached hydrogens (tertiary/aromatic N) is 3. The summed E-state index contributed by atoms with van der Waals surface area (Å²) in [6.07, 6.45) is 2.64. The molecule has 112 valence electrons. The molecule has 4 rings (SSSR count). The Balaban J connectivity index is 1.66. The Kier molecular flexibility index (Phi) is 3.16. The van der Waals surface area contributed by atoms with E-state index < -0.39 is 0 Å². The average molecular weight is 314 g/mol. The third kappa shape index (κ3) is 2.18. The molecular weight excluding hydrogens is 300 g/mol. The summed E-state index contributed by atoms with van der Waals surface area (Å²) in [5.41, 5.74) is 3.03. The van der Waals surface area contributed by atoms with Crippen molar-refractivity contribution in [2.24, 2.45) is 0 Å². The van der Waals surface area contributed by atoms with Gasteiger partial charge in [-0.25, -0.2) is 9.97 Å². The minimum Gasteiger partial charge on any atom is -0.375 e. The number of ether oxygens (including phenoxy) is 1. The molecular formula is C15H14N4O2S. The summed E-state index contributed by atoms with van der Waals surface area (Å²) in [5.74, 6) is -0.191. The van der Waals surface area contributed by atoms with Crippen LogP contribution < -0.4 is 5.32 Å². The van der Waals surface area contributed by atoms with Crippen LogP contribution >= 0.6 is 11.3 Å². The highest BCUT2D eigenvalue weighted by Crippen LogP contribution is 2.27. The maximum Gasteiger partial charge on any atom is 0.276 e. The summed E-state index contributed by atoms with van der Waals surface area (Å²) in [5, 5.41) is 3.50. The smallest absolute Gasteiger partial charge is 0.276 e. The summed E-state index contributed by atoms with van der Waals surface area (Å²) in [4.78, 5) is 22.6. The van der Waals surface area contributed by atoms with Gasteiger partial charge in [0, 0.05) is 12.6 Å². The highest BCUT2D eigenvalue weighted by Gasteiger charge is 2.20. The number of imidazole rings is 1. The molecule has 7 heteroatoms. The van der Waals surface area contributed by atoms with E-state index in [1.165, 1.54) is 11.3 Å². The summed E-state index contributed by atoms with van der Waals surface area (Å²) in [6, 6.07) is 5.66. The van der Waals surface area contributed by atoms with E-state index in [9.17, 15) is 4.79 Å². The van der Waals surface area contributed by atoms with Crippen LogP contribution in [0, 0.1) is 6.92 Å². The monoisotopic (exact) mass is 314 g/mol. The van der Waals surface area contributed by atoms with Gasteiger partial charge in [-0.05, 0) is 19.1 Å². The molecule has 0 aromatic carbocycles. The normalized spacial score (nSPS) is 14.0. The highest BCUT2D eigenvalue weighted by atomic mass is 32.1. The second-order valence-electron chi connectivity index (χ2n) is 5.12. The van der Waals surface area contributed by atoms with E-state index in [1.54, 1.807) is 4.40 Å². The van der Waals surface area contributed by atoms with Crippen LogP contribution in [-0.4, -0.2) is 26.9 Å². The van der Waals surface area contributed by atoms with E-state index >= 15 is 0 Å². The van der Waals surface area contributed by atoms with Crippen LogP contribution in [-0.2, 0) is 17.8 Å². The minimum atomic E-state index is -0.191. The largest absolute Gasteiger partial charge is 0.375 e. The van der Waals surface area contributed by atoms with Crippen LogP contribution in [0.4, 0.5) is 5.13 Å². The fourth-order valence-electron chi connectivity index (χ4n) is 2.62. The zero-order chi connectivity index (χ0) is 15.1. The third-order valence-corrected chi connectivity index (χ3v) is 4.62. The topological polar surface area (TPSA) is 68.5 Å². The predicted octanol–water partition coefficient (Wildman–Crippen LogP) is 2.42. The Bertz CT molecular complexity index is 844. The molecule has 1 amide bonds. The minimum absolute atomic E-state index is 0.191. The third-order valence-electron chi connectivity index (χ3n) is 3.63. The molecule has 1 N–H and O–H groups in total. The lowest BCUT2D eigenvalue weighted by Gasteiger charge is -2.08. The first-order valence-corrected chi connectivity index (χ1v) is 7.85. The van der Waals surface area contributed by atoms with Gasteiger partial charge in [-0.3, -0.25) is 14.5 Å². The van der Waals surface area contributed by atoms with Crippen molar-refractivity contribution in [3.63, 3.8) is 0 Å². The fraction of sp³-hybridized carbons (Fsp3) is 0.267. The number of anilines is 1. The number of rotatable bonds is 2. The molecule has 0 spiro atoms. The number of thiazole rings is 1. The van der Waals surface area contributed by atoms with Gasteiger partial charge in [-0.15, -0.1) is 0 Å².